The summed E-state index contributed by atoms with van der Waals surface area (Å²) < 4.78 is 68.4. The predicted molar refractivity (Wildman–Crippen MR) is 260 cm³/mol. The normalized spacial score (nSPS) is 18.2. The standard InChI is InChI=1S/C54H71O13P/c1-3-4-5-6-7-8-9-10-11-12-13-14-15-16-17-30-39-60-40-47(59-2)41-62-68(58,66-46-37-28-21-29-38-46)67-54-50(65-53(57)45-35-26-20-27-36-45)49(64-52(56)44-33-24-19-25-34-44)48(42-61-54)63-51(55)43-31-22-18-23-32-43/h18-29,31-38,47-50,54H,3-17,30,39-42H2,1-2H3/t47?,48-,49-,50-,54+,68?/m1/s1. The van der Waals surface area contributed by atoms with E-state index in [0.29, 0.717) is 6.61 Å². The van der Waals surface area contributed by atoms with Crippen molar-refractivity contribution in [3.63, 3.8) is 0 Å². The van der Waals surface area contributed by atoms with Gasteiger partial charge in [-0.1, -0.05) is 176 Å². The number of ether oxygens (including phenoxy) is 6. The van der Waals surface area contributed by atoms with E-state index >= 15 is 0 Å². The molecule has 0 radical (unpaired) electrons. The van der Waals surface area contributed by atoms with Crippen LogP contribution in [-0.2, 0) is 42.0 Å². The molecule has 1 heterocycles. The van der Waals surface area contributed by atoms with Gasteiger partial charge >= 0.3 is 25.7 Å². The highest BCUT2D eigenvalue weighted by atomic mass is 31.2. The fraction of sp³-hybridized carbons (Fsp3) is 0.500. The molecule has 1 aliphatic heterocycles. The molecule has 1 fully saturated rings. The summed E-state index contributed by atoms with van der Waals surface area (Å²) >= 11 is 0. The first-order chi connectivity index (χ1) is 33.3. The number of hydrogen-bond acceptors (Lipinski definition) is 13. The molecule has 1 saturated heterocycles. The summed E-state index contributed by atoms with van der Waals surface area (Å²) in [4.78, 5) is 40.9. The Balaban J connectivity index is 1.21. The molecule has 5 rings (SSSR count). The van der Waals surface area contributed by atoms with E-state index in [1.54, 1.807) is 109 Å². The third kappa shape index (κ3) is 19.6. The van der Waals surface area contributed by atoms with E-state index in [2.05, 4.69) is 6.92 Å². The number of benzene rings is 4. The minimum absolute atomic E-state index is 0.139. The van der Waals surface area contributed by atoms with Gasteiger partial charge in [0.25, 0.3) is 0 Å². The number of methoxy groups -OCH3 is 1. The van der Waals surface area contributed by atoms with Crippen molar-refractivity contribution < 1.29 is 60.9 Å². The number of phosphoric acid groups is 1. The van der Waals surface area contributed by atoms with Crippen molar-refractivity contribution in [3.05, 3.63) is 138 Å². The zero-order valence-electron chi connectivity index (χ0n) is 39.8. The molecule has 4 aromatic carbocycles. The number of esters is 3. The van der Waals surface area contributed by atoms with Crippen LogP contribution >= 0.6 is 7.82 Å². The molecule has 0 bridgehead atoms. The Hall–Kier alpha value is -4.88. The maximum atomic E-state index is 14.8. The van der Waals surface area contributed by atoms with Crippen LogP contribution in [0, 0.1) is 0 Å². The molecular weight excluding hydrogens is 888 g/mol. The van der Waals surface area contributed by atoms with E-state index in [1.807, 2.05) is 0 Å². The molecule has 0 aromatic heterocycles. The van der Waals surface area contributed by atoms with Crippen molar-refractivity contribution in [3.8, 4) is 5.75 Å². The van der Waals surface area contributed by atoms with Crippen LogP contribution in [0.15, 0.2) is 121 Å². The summed E-state index contributed by atoms with van der Waals surface area (Å²) in [5, 5.41) is 0. The molecule has 68 heavy (non-hydrogen) atoms. The Morgan fingerprint density at radius 2 is 0.985 bits per heavy atom. The summed E-state index contributed by atoms with van der Waals surface area (Å²) in [6, 6.07) is 32.6. The maximum absolute atomic E-state index is 14.8. The lowest BCUT2D eigenvalue weighted by atomic mass is 10.0. The van der Waals surface area contributed by atoms with Gasteiger partial charge in [-0.05, 0) is 55.0 Å². The maximum Gasteiger partial charge on any atom is 0.532 e. The minimum Gasteiger partial charge on any atom is -0.452 e. The van der Waals surface area contributed by atoms with Crippen LogP contribution in [0.3, 0.4) is 0 Å². The van der Waals surface area contributed by atoms with Crippen LogP contribution in [0.25, 0.3) is 0 Å². The van der Waals surface area contributed by atoms with Gasteiger partial charge in [0, 0.05) is 13.7 Å². The first-order valence-electron chi connectivity index (χ1n) is 24.5. The predicted octanol–water partition coefficient (Wildman–Crippen LogP) is 12.5. The smallest absolute Gasteiger partial charge is 0.452 e. The lowest BCUT2D eigenvalue weighted by Crippen LogP contribution is -2.58. The molecule has 4 aromatic rings. The zero-order valence-corrected chi connectivity index (χ0v) is 40.7. The Kier molecular flexibility index (Phi) is 24.9. The van der Waals surface area contributed by atoms with E-state index in [1.165, 1.54) is 103 Å². The largest absolute Gasteiger partial charge is 0.532 e. The highest BCUT2D eigenvalue weighted by Gasteiger charge is 2.52. The van der Waals surface area contributed by atoms with Crippen LogP contribution in [0.5, 0.6) is 5.75 Å². The third-order valence-electron chi connectivity index (χ3n) is 11.5. The van der Waals surface area contributed by atoms with Gasteiger partial charge in [-0.2, -0.15) is 0 Å². The molecule has 0 saturated carbocycles. The molecule has 370 valence electrons. The number of rotatable bonds is 33. The molecule has 1 aliphatic rings. The molecular formula is C54H71O13P. The van der Waals surface area contributed by atoms with Crippen molar-refractivity contribution in [1.82, 2.24) is 0 Å². The number of carbonyl (C=O) groups excluding carboxylic acids is 3. The molecule has 14 heteroatoms. The van der Waals surface area contributed by atoms with Gasteiger partial charge in [0.2, 0.25) is 6.29 Å². The van der Waals surface area contributed by atoms with Crippen molar-refractivity contribution in [2.45, 2.75) is 140 Å². The molecule has 13 nitrogen and oxygen atoms in total. The van der Waals surface area contributed by atoms with Crippen molar-refractivity contribution in [2.24, 2.45) is 0 Å². The average molecular weight is 959 g/mol. The highest BCUT2D eigenvalue weighted by molar-refractivity contribution is 7.49. The average Bonchev–Trinajstić information content (AvgIpc) is 3.37. The number of phosphoric ester groups is 1. The van der Waals surface area contributed by atoms with Gasteiger partial charge in [-0.15, -0.1) is 0 Å². The molecule has 0 N–H and O–H groups in total. The first kappa shape index (κ1) is 54.1. The Morgan fingerprint density at radius 1 is 0.559 bits per heavy atom. The van der Waals surface area contributed by atoms with E-state index in [0.717, 1.165) is 19.3 Å². The highest BCUT2D eigenvalue weighted by Crippen LogP contribution is 2.52. The van der Waals surface area contributed by atoms with Crippen molar-refractivity contribution >= 4 is 25.7 Å². The van der Waals surface area contributed by atoms with E-state index < -0.39 is 63.0 Å². The Labute approximate surface area is 403 Å². The number of carbonyl (C=O) groups is 3. The number of hydrogen-bond donors (Lipinski definition) is 0. The van der Waals surface area contributed by atoms with E-state index in [-0.39, 0.29) is 35.7 Å². The molecule has 0 amide bonds. The summed E-state index contributed by atoms with van der Waals surface area (Å²) in [6.07, 6.45) is 13.5. The molecule has 0 aliphatic carbocycles. The van der Waals surface area contributed by atoms with E-state index in [9.17, 15) is 18.9 Å². The number of para-hydroxylation sites is 1. The Morgan fingerprint density at radius 3 is 1.46 bits per heavy atom. The van der Waals surface area contributed by atoms with Gasteiger partial charge in [-0.25, -0.2) is 23.5 Å². The van der Waals surface area contributed by atoms with Gasteiger partial charge < -0.3 is 32.9 Å². The van der Waals surface area contributed by atoms with Gasteiger partial charge in [0.05, 0.1) is 36.5 Å². The summed E-state index contributed by atoms with van der Waals surface area (Å²) in [6.45, 7) is 2.21. The van der Waals surface area contributed by atoms with Crippen LogP contribution in [0.2, 0.25) is 0 Å². The second-order valence-electron chi connectivity index (χ2n) is 17.0. The Bertz CT molecular complexity index is 2040. The van der Waals surface area contributed by atoms with Crippen molar-refractivity contribution in [1.29, 1.82) is 0 Å². The summed E-state index contributed by atoms with van der Waals surface area (Å²) in [5.41, 5.74) is 0.528. The second-order valence-corrected chi connectivity index (χ2v) is 18.5. The van der Waals surface area contributed by atoms with Gasteiger partial charge in [0.15, 0.2) is 18.3 Å². The summed E-state index contributed by atoms with van der Waals surface area (Å²) in [7, 11) is -3.23. The van der Waals surface area contributed by atoms with Crippen LogP contribution in [0.1, 0.15) is 141 Å². The lowest BCUT2D eigenvalue weighted by molar-refractivity contribution is -0.245. The third-order valence-corrected chi connectivity index (χ3v) is 12.9. The number of unbranched alkanes of at least 4 members (excludes halogenated alkanes) is 15. The van der Waals surface area contributed by atoms with Crippen LogP contribution < -0.4 is 4.52 Å². The zero-order chi connectivity index (χ0) is 48.1. The first-order valence-corrected chi connectivity index (χ1v) is 25.9. The quantitative estimate of drug-likeness (QED) is 0.0193. The van der Waals surface area contributed by atoms with Crippen LogP contribution in [0.4, 0.5) is 0 Å². The fourth-order valence-corrected chi connectivity index (χ4v) is 8.98. The van der Waals surface area contributed by atoms with E-state index in [4.69, 9.17) is 42.0 Å². The molecule has 6 atom stereocenters. The SMILES string of the molecule is CCCCCCCCCCCCCCCCCCOCC(COP(=O)(Oc1ccccc1)O[C@@H]1OC[C@@H](OC(=O)c2ccccc2)[C@@H](OC(=O)c2ccccc2)[C@H]1OC(=O)c1ccccc1)OC. The molecule has 0 spiro atoms. The monoisotopic (exact) mass is 958 g/mol. The lowest BCUT2D eigenvalue weighted by Gasteiger charge is -2.40. The van der Waals surface area contributed by atoms with Crippen molar-refractivity contribution in [2.75, 3.05) is 33.5 Å². The van der Waals surface area contributed by atoms with Crippen LogP contribution in [-0.4, -0.2) is 82.2 Å². The molecule has 2 unspecified atom stereocenters. The second kappa shape index (κ2) is 31.3. The van der Waals surface area contributed by atoms with Gasteiger partial charge in [0.1, 0.15) is 11.9 Å². The topological polar surface area (TPSA) is 151 Å². The summed E-state index contributed by atoms with van der Waals surface area (Å²) in [5.74, 6) is -2.29. The minimum atomic E-state index is -4.72. The fourth-order valence-electron chi connectivity index (χ4n) is 7.66. The van der Waals surface area contributed by atoms with Gasteiger partial charge in [-0.3, -0.25) is 4.52 Å².